The fourth-order valence-electron chi connectivity index (χ4n) is 2.90. The number of para-hydroxylation sites is 1. The molecule has 2 unspecified atom stereocenters. The molecule has 1 N–H and O–H groups in total. The average molecular weight is 270 g/mol. The Kier molecular flexibility index (Phi) is 3.83. The van der Waals surface area contributed by atoms with Gasteiger partial charge < -0.3 is 5.32 Å². The van der Waals surface area contributed by atoms with E-state index >= 15 is 0 Å². The maximum absolute atomic E-state index is 4.28. The second-order valence-electron chi connectivity index (χ2n) is 5.64. The highest BCUT2D eigenvalue weighted by Crippen LogP contribution is 2.42. The van der Waals surface area contributed by atoms with Crippen LogP contribution < -0.4 is 5.32 Å². The molecule has 1 aliphatic rings. The molecular weight excluding hydrogens is 248 g/mol. The van der Waals surface area contributed by atoms with Gasteiger partial charge in [-0.15, -0.1) is 5.10 Å². The van der Waals surface area contributed by atoms with Crippen LogP contribution >= 0.6 is 0 Å². The minimum Gasteiger partial charge on any atom is -0.309 e. The second kappa shape index (κ2) is 5.75. The lowest BCUT2D eigenvalue weighted by Crippen LogP contribution is -2.29. The summed E-state index contributed by atoms with van der Waals surface area (Å²) in [4.78, 5) is 0. The number of hydrogen-bond donors (Lipinski definition) is 1. The lowest BCUT2D eigenvalue weighted by atomic mass is 9.94. The normalized spacial score (nSPS) is 17.9. The third-order valence-corrected chi connectivity index (χ3v) is 4.21. The van der Waals surface area contributed by atoms with Crippen molar-refractivity contribution in [3.8, 4) is 5.69 Å². The topological polar surface area (TPSA) is 42.7 Å². The fourth-order valence-corrected chi connectivity index (χ4v) is 2.90. The molecule has 0 bridgehead atoms. The van der Waals surface area contributed by atoms with Crippen molar-refractivity contribution in [2.75, 3.05) is 6.54 Å². The van der Waals surface area contributed by atoms with Crippen molar-refractivity contribution < 1.29 is 0 Å². The van der Waals surface area contributed by atoms with Crippen LogP contribution in [0.5, 0.6) is 0 Å². The molecule has 1 aromatic heterocycles. The van der Waals surface area contributed by atoms with E-state index in [-0.39, 0.29) is 0 Å². The molecular formula is C16H22N4. The van der Waals surface area contributed by atoms with Gasteiger partial charge in [0.1, 0.15) is 0 Å². The van der Waals surface area contributed by atoms with E-state index in [1.165, 1.54) is 12.8 Å². The highest BCUT2D eigenvalue weighted by molar-refractivity contribution is 5.32. The zero-order valence-corrected chi connectivity index (χ0v) is 12.2. The standard InChI is InChI=1S/C16H22N4/c1-3-17-16(12(2)13-9-10-13)15-11-18-19-20(15)14-7-5-4-6-8-14/h4-8,11-13,16-17H,3,9-10H2,1-2H3. The fraction of sp³-hybridized carbons (Fsp3) is 0.500. The highest BCUT2D eigenvalue weighted by atomic mass is 15.4. The molecule has 4 nitrogen and oxygen atoms in total. The van der Waals surface area contributed by atoms with Crippen LogP contribution in [0.4, 0.5) is 0 Å². The summed E-state index contributed by atoms with van der Waals surface area (Å²) in [5, 5.41) is 12.0. The van der Waals surface area contributed by atoms with Gasteiger partial charge in [0.25, 0.3) is 0 Å². The Morgan fingerprint density at radius 1 is 1.30 bits per heavy atom. The van der Waals surface area contributed by atoms with Crippen LogP contribution in [-0.4, -0.2) is 21.5 Å². The van der Waals surface area contributed by atoms with Crippen molar-refractivity contribution in [3.63, 3.8) is 0 Å². The molecule has 0 amide bonds. The maximum Gasteiger partial charge on any atom is 0.0818 e. The van der Waals surface area contributed by atoms with E-state index in [4.69, 9.17) is 0 Å². The van der Waals surface area contributed by atoms with Crippen LogP contribution in [0.2, 0.25) is 0 Å². The van der Waals surface area contributed by atoms with E-state index in [0.29, 0.717) is 12.0 Å². The number of benzene rings is 1. The first-order valence-corrected chi connectivity index (χ1v) is 7.50. The van der Waals surface area contributed by atoms with Gasteiger partial charge in [-0.05, 0) is 43.4 Å². The average Bonchev–Trinajstić information content (AvgIpc) is 3.23. The van der Waals surface area contributed by atoms with E-state index in [0.717, 1.165) is 23.8 Å². The lowest BCUT2D eigenvalue weighted by molar-refractivity contribution is 0.343. The van der Waals surface area contributed by atoms with Gasteiger partial charge in [0.15, 0.2) is 0 Å². The van der Waals surface area contributed by atoms with Gasteiger partial charge in [-0.2, -0.15) is 0 Å². The van der Waals surface area contributed by atoms with Crippen molar-refractivity contribution in [3.05, 3.63) is 42.2 Å². The smallest absolute Gasteiger partial charge is 0.0818 e. The Balaban J connectivity index is 1.93. The molecule has 1 heterocycles. The maximum atomic E-state index is 4.28. The van der Waals surface area contributed by atoms with E-state index in [1.54, 1.807) is 0 Å². The summed E-state index contributed by atoms with van der Waals surface area (Å²) in [6.07, 6.45) is 4.62. The third kappa shape index (κ3) is 2.61. The molecule has 1 saturated carbocycles. The number of hydrogen-bond acceptors (Lipinski definition) is 3. The summed E-state index contributed by atoms with van der Waals surface area (Å²) >= 11 is 0. The van der Waals surface area contributed by atoms with Crippen molar-refractivity contribution >= 4 is 0 Å². The Morgan fingerprint density at radius 2 is 2.05 bits per heavy atom. The molecule has 20 heavy (non-hydrogen) atoms. The molecule has 3 rings (SSSR count). The lowest BCUT2D eigenvalue weighted by Gasteiger charge is -2.25. The van der Waals surface area contributed by atoms with Crippen molar-refractivity contribution in [2.45, 2.75) is 32.7 Å². The predicted molar refractivity (Wildman–Crippen MR) is 79.7 cm³/mol. The number of nitrogens with zero attached hydrogens (tertiary/aromatic N) is 3. The van der Waals surface area contributed by atoms with Crippen molar-refractivity contribution in [1.29, 1.82) is 0 Å². The second-order valence-corrected chi connectivity index (χ2v) is 5.64. The molecule has 0 saturated heterocycles. The zero-order valence-electron chi connectivity index (χ0n) is 12.2. The zero-order chi connectivity index (χ0) is 13.9. The van der Waals surface area contributed by atoms with E-state index in [1.807, 2.05) is 29.1 Å². The third-order valence-electron chi connectivity index (χ3n) is 4.21. The summed E-state index contributed by atoms with van der Waals surface area (Å²) in [5.74, 6) is 1.47. The Hall–Kier alpha value is -1.68. The minimum atomic E-state index is 0.322. The quantitative estimate of drug-likeness (QED) is 0.877. The Morgan fingerprint density at radius 3 is 2.70 bits per heavy atom. The van der Waals surface area contributed by atoms with Crippen molar-refractivity contribution in [2.24, 2.45) is 11.8 Å². The molecule has 1 fully saturated rings. The molecule has 0 radical (unpaired) electrons. The molecule has 2 aromatic rings. The van der Waals surface area contributed by atoms with Crippen LogP contribution in [0, 0.1) is 11.8 Å². The van der Waals surface area contributed by atoms with Gasteiger partial charge >= 0.3 is 0 Å². The molecule has 4 heteroatoms. The number of aromatic nitrogens is 3. The van der Waals surface area contributed by atoms with Gasteiger partial charge in [-0.25, -0.2) is 4.68 Å². The first kappa shape index (κ1) is 13.3. The van der Waals surface area contributed by atoms with E-state index in [2.05, 4.69) is 41.6 Å². The highest BCUT2D eigenvalue weighted by Gasteiger charge is 2.35. The van der Waals surface area contributed by atoms with Crippen LogP contribution in [0.1, 0.15) is 38.4 Å². The van der Waals surface area contributed by atoms with Gasteiger partial charge in [0.05, 0.1) is 23.6 Å². The molecule has 106 valence electrons. The monoisotopic (exact) mass is 270 g/mol. The van der Waals surface area contributed by atoms with Crippen LogP contribution in [0.3, 0.4) is 0 Å². The molecule has 0 aliphatic heterocycles. The Labute approximate surface area is 120 Å². The summed E-state index contributed by atoms with van der Waals surface area (Å²) in [7, 11) is 0. The molecule has 0 spiro atoms. The van der Waals surface area contributed by atoms with Gasteiger partial charge in [-0.3, -0.25) is 0 Å². The summed E-state index contributed by atoms with van der Waals surface area (Å²) in [5.41, 5.74) is 2.24. The minimum absolute atomic E-state index is 0.322. The molecule has 2 atom stereocenters. The first-order valence-electron chi connectivity index (χ1n) is 7.50. The number of rotatable bonds is 6. The SMILES string of the molecule is CCNC(c1cnnn1-c1ccccc1)C(C)C1CC1. The summed E-state index contributed by atoms with van der Waals surface area (Å²) in [6.45, 7) is 5.46. The van der Waals surface area contributed by atoms with Gasteiger partial charge in [0, 0.05) is 0 Å². The summed E-state index contributed by atoms with van der Waals surface area (Å²) in [6, 6.07) is 10.6. The van der Waals surface area contributed by atoms with Crippen molar-refractivity contribution in [1.82, 2.24) is 20.3 Å². The summed E-state index contributed by atoms with van der Waals surface area (Å²) < 4.78 is 1.96. The van der Waals surface area contributed by atoms with E-state index < -0.39 is 0 Å². The van der Waals surface area contributed by atoms with E-state index in [9.17, 15) is 0 Å². The van der Waals surface area contributed by atoms with Gasteiger partial charge in [0.2, 0.25) is 0 Å². The van der Waals surface area contributed by atoms with Crippen LogP contribution in [0.25, 0.3) is 5.69 Å². The van der Waals surface area contributed by atoms with Gasteiger partial charge in [-0.1, -0.05) is 37.3 Å². The first-order chi connectivity index (χ1) is 9.81. The Bertz CT molecular complexity index is 545. The van der Waals surface area contributed by atoms with Crippen LogP contribution in [-0.2, 0) is 0 Å². The molecule has 1 aromatic carbocycles. The largest absolute Gasteiger partial charge is 0.309 e. The predicted octanol–water partition coefficient (Wildman–Crippen LogP) is 2.96. The molecule has 1 aliphatic carbocycles. The van der Waals surface area contributed by atoms with Crippen LogP contribution in [0.15, 0.2) is 36.5 Å². The number of nitrogens with one attached hydrogen (secondary N) is 1.